The maximum atomic E-state index is 18.1. The van der Waals surface area contributed by atoms with Crippen LogP contribution in [0.5, 0.6) is 11.8 Å². The Bertz CT molecular complexity index is 2640. The van der Waals surface area contributed by atoms with Gasteiger partial charge in [0.15, 0.2) is 12.6 Å². The lowest BCUT2D eigenvalue weighted by molar-refractivity contribution is -0.140. The van der Waals surface area contributed by atoms with Gasteiger partial charge in [-0.1, -0.05) is 66.0 Å². The molecule has 0 radical (unpaired) electrons. The molecule has 2 aliphatic heterocycles. The van der Waals surface area contributed by atoms with Crippen molar-refractivity contribution in [3.05, 3.63) is 53.6 Å². The highest BCUT2D eigenvalue weighted by Crippen LogP contribution is 2.48. The van der Waals surface area contributed by atoms with Crippen LogP contribution in [-0.2, 0) is 19.0 Å². The first-order valence-corrected chi connectivity index (χ1v) is 27.9. The Morgan fingerprint density at radius 1 is 0.958 bits per heavy atom. The van der Waals surface area contributed by atoms with Gasteiger partial charge in [-0.2, -0.15) is 9.97 Å². The number of ether oxygens (including phenoxy) is 5. The summed E-state index contributed by atoms with van der Waals surface area (Å²) in [7, 11) is 2.81. The van der Waals surface area contributed by atoms with Crippen LogP contribution < -0.4 is 14.4 Å². The van der Waals surface area contributed by atoms with E-state index in [4.69, 9.17) is 33.7 Å². The van der Waals surface area contributed by atoms with Gasteiger partial charge >= 0.3 is 18.1 Å². The Morgan fingerprint density at radius 3 is 2.31 bits per heavy atom. The summed E-state index contributed by atoms with van der Waals surface area (Å²) in [5.74, 6) is 2.48. The summed E-state index contributed by atoms with van der Waals surface area (Å²) in [5.41, 5.74) is 4.13. The number of halogens is 2. The van der Waals surface area contributed by atoms with Crippen LogP contribution in [0, 0.1) is 28.5 Å². The van der Waals surface area contributed by atoms with Gasteiger partial charge in [0, 0.05) is 60.5 Å². The largest absolute Gasteiger partial charge is 0.469 e. The number of benzene rings is 3. The van der Waals surface area contributed by atoms with Gasteiger partial charge in [0.05, 0.1) is 30.9 Å². The zero-order chi connectivity index (χ0) is 51.6. The highest BCUT2D eigenvalue weighted by Gasteiger charge is 2.53. The lowest BCUT2D eigenvalue weighted by atomic mass is 9.92. The molecule has 15 heteroatoms. The number of piperazine rings is 1. The zero-order valence-corrected chi connectivity index (χ0v) is 45.5. The molecule has 0 unspecified atom stereocenters. The number of aromatic nitrogens is 2. The number of amides is 1. The number of nitrogens with zero attached hydrogens (tertiary/aromatic N) is 5. The minimum absolute atomic E-state index is 0.00119. The fourth-order valence-electron chi connectivity index (χ4n) is 11.6. The first-order chi connectivity index (χ1) is 33.5. The number of rotatable bonds is 19. The summed E-state index contributed by atoms with van der Waals surface area (Å²) in [5, 5.41) is 1.53. The topological polar surface area (TPSA) is 116 Å². The van der Waals surface area contributed by atoms with Crippen molar-refractivity contribution < 1.29 is 42.1 Å². The molecule has 2 bridgehead atoms. The van der Waals surface area contributed by atoms with Crippen LogP contribution in [0.1, 0.15) is 126 Å². The van der Waals surface area contributed by atoms with Crippen LogP contribution in [0.2, 0.25) is 16.6 Å². The number of hydrogen-bond acceptors (Lipinski definition) is 11. The van der Waals surface area contributed by atoms with Crippen molar-refractivity contribution in [2.24, 2.45) is 5.41 Å². The summed E-state index contributed by atoms with van der Waals surface area (Å²) in [6.45, 7) is 23.8. The molecular formula is C56H77F2N5O7Si. The average Bonchev–Trinajstić information content (AvgIpc) is 4.02. The molecule has 1 aliphatic carbocycles. The number of esters is 1. The minimum Gasteiger partial charge on any atom is -0.469 e. The third kappa shape index (κ3) is 11.6. The van der Waals surface area contributed by atoms with Crippen LogP contribution in [-0.4, -0.2) is 118 Å². The Kier molecular flexibility index (Phi) is 16.3. The van der Waals surface area contributed by atoms with E-state index >= 15 is 8.78 Å². The molecule has 1 aromatic heterocycles. The second-order valence-corrected chi connectivity index (χ2v) is 28.3. The van der Waals surface area contributed by atoms with Crippen molar-refractivity contribution in [3.63, 3.8) is 0 Å². The molecule has 1 saturated carbocycles. The van der Waals surface area contributed by atoms with Crippen molar-refractivity contribution in [3.8, 4) is 34.4 Å². The van der Waals surface area contributed by atoms with Crippen molar-refractivity contribution in [1.29, 1.82) is 0 Å². The van der Waals surface area contributed by atoms with Gasteiger partial charge in [-0.25, -0.2) is 13.6 Å². The number of fused-ring (bicyclic) bond motifs is 4. The highest BCUT2D eigenvalue weighted by atomic mass is 28.3. The Balaban J connectivity index is 1.33. The van der Waals surface area contributed by atoms with Gasteiger partial charge in [-0.15, -0.1) is 5.54 Å². The Hall–Kier alpha value is -5.04. The minimum atomic E-state index is -2.21. The van der Waals surface area contributed by atoms with Crippen LogP contribution in [0.3, 0.4) is 0 Å². The van der Waals surface area contributed by atoms with Gasteiger partial charge < -0.3 is 33.5 Å². The highest BCUT2D eigenvalue weighted by molar-refractivity contribution is 6.90. The van der Waals surface area contributed by atoms with E-state index in [1.807, 2.05) is 61.8 Å². The predicted octanol–water partition coefficient (Wildman–Crippen LogP) is 12.1. The summed E-state index contributed by atoms with van der Waals surface area (Å²) < 4.78 is 64.1. The van der Waals surface area contributed by atoms with E-state index in [-0.39, 0.29) is 58.4 Å². The molecule has 71 heavy (non-hydrogen) atoms. The molecule has 7 rings (SSSR count). The van der Waals surface area contributed by atoms with E-state index in [1.165, 1.54) is 20.3 Å². The molecule has 3 fully saturated rings. The van der Waals surface area contributed by atoms with E-state index in [0.717, 1.165) is 58.0 Å². The van der Waals surface area contributed by atoms with Crippen LogP contribution >= 0.6 is 0 Å². The van der Waals surface area contributed by atoms with E-state index < -0.39 is 30.8 Å². The van der Waals surface area contributed by atoms with Crippen molar-refractivity contribution >= 4 is 47.6 Å². The molecule has 3 heterocycles. The second-order valence-electron chi connectivity index (χ2n) is 22.7. The van der Waals surface area contributed by atoms with E-state index in [0.29, 0.717) is 70.6 Å². The number of hydrogen-bond donors (Lipinski definition) is 0. The van der Waals surface area contributed by atoms with E-state index in [2.05, 4.69) is 65.0 Å². The second kappa shape index (κ2) is 21.6. The molecule has 4 aromatic rings. The van der Waals surface area contributed by atoms with E-state index in [9.17, 15) is 9.59 Å². The SMILES string of the molecule is COCOc1cc(-c2c(F)cc3c(N4C[C@H]5CC[C@@](C)(C4)N5C(=O)OC(C)(C)C)nc(OCC4(CN(C)CCCCCC(=O)OC)CC4)nc3c2F)c2c(C#C[Si](C(C)C)(C(C)C)C(C)C)cccc2c1. The van der Waals surface area contributed by atoms with Crippen molar-refractivity contribution in [2.45, 2.75) is 154 Å². The maximum Gasteiger partial charge on any atom is 0.411 e. The number of unbranched alkanes of at least 4 members (excludes halogenated alkanes) is 2. The van der Waals surface area contributed by atoms with Crippen molar-refractivity contribution in [1.82, 2.24) is 19.8 Å². The fraction of sp³-hybridized carbons (Fsp3) is 0.607. The van der Waals surface area contributed by atoms with Gasteiger partial charge in [-0.05, 0) is 126 Å². The van der Waals surface area contributed by atoms with Gasteiger partial charge in [-0.3, -0.25) is 9.69 Å². The predicted molar refractivity (Wildman–Crippen MR) is 280 cm³/mol. The molecule has 3 aliphatic rings. The van der Waals surface area contributed by atoms with Gasteiger partial charge in [0.2, 0.25) is 0 Å². The lowest BCUT2D eigenvalue weighted by Gasteiger charge is -2.47. The van der Waals surface area contributed by atoms with E-state index in [1.54, 1.807) is 6.07 Å². The number of carbonyl (C=O) groups excluding carboxylic acids is 2. The third-order valence-corrected chi connectivity index (χ3v) is 21.5. The van der Waals surface area contributed by atoms with Crippen LogP contribution in [0.4, 0.5) is 19.4 Å². The molecule has 2 atom stereocenters. The molecular weight excluding hydrogens is 921 g/mol. The number of anilines is 1. The summed E-state index contributed by atoms with van der Waals surface area (Å²) in [6, 6.07) is 10.4. The first kappa shape index (κ1) is 53.7. The standard InChI is InChI=1S/C56H77F2N5O7Si/c1-36(2)71(37(3)4,38(5)6)27-22-39-18-17-19-40-28-42(69-35-66-12)29-43(47(39)40)48-45(57)30-44-50(49(48)58)59-52(68-34-56(24-25-56)33-61(11)26-16-14-15-20-46(64)67-13)60-51(44)62-31-41-21-23-55(10,32-62)63(41)53(65)70-54(7,8)9/h17-19,28-30,36-38,41H,14-16,20-21,23-26,31-35H2,1-13H3/t41-,55+/m1/s1. The summed E-state index contributed by atoms with van der Waals surface area (Å²) in [4.78, 5) is 41.3. The molecule has 0 spiro atoms. The third-order valence-electron chi connectivity index (χ3n) is 15.2. The van der Waals surface area contributed by atoms with Crippen LogP contribution in [0.25, 0.3) is 32.8 Å². The molecule has 386 valence electrons. The number of methoxy groups -OCH3 is 2. The monoisotopic (exact) mass is 998 g/mol. The number of carbonyl (C=O) groups is 2. The quantitative estimate of drug-likeness (QED) is 0.0294. The van der Waals surface area contributed by atoms with Gasteiger partial charge in [0.1, 0.15) is 36.6 Å². The summed E-state index contributed by atoms with van der Waals surface area (Å²) in [6.07, 6.45) is 6.05. The molecule has 12 nitrogen and oxygen atoms in total. The molecule has 2 saturated heterocycles. The van der Waals surface area contributed by atoms with Crippen LogP contribution in [0.15, 0.2) is 36.4 Å². The maximum absolute atomic E-state index is 18.1. The Morgan fingerprint density at radius 2 is 1.68 bits per heavy atom. The first-order valence-electron chi connectivity index (χ1n) is 25.6. The summed E-state index contributed by atoms with van der Waals surface area (Å²) >= 11 is 0. The van der Waals surface area contributed by atoms with Crippen molar-refractivity contribution in [2.75, 3.05) is 65.7 Å². The molecule has 3 aromatic carbocycles. The smallest absolute Gasteiger partial charge is 0.411 e. The molecule has 0 N–H and O–H groups in total. The fourth-order valence-corrected chi connectivity index (χ4v) is 16.8. The average molecular weight is 998 g/mol. The van der Waals surface area contributed by atoms with Gasteiger partial charge in [0.25, 0.3) is 0 Å². The lowest BCUT2D eigenvalue weighted by Crippen LogP contribution is -2.63. The normalized spacial score (nSPS) is 18.7. The zero-order valence-electron chi connectivity index (χ0n) is 44.5. The molecule has 1 amide bonds. The Labute approximate surface area is 421 Å².